The van der Waals surface area contributed by atoms with Gasteiger partial charge in [-0.3, -0.25) is 4.79 Å². The molecular formula is C16H16N2O. The van der Waals surface area contributed by atoms with Crippen LogP contribution in [-0.2, 0) is 0 Å². The number of nitrogens with one attached hydrogen (secondary N) is 1. The summed E-state index contributed by atoms with van der Waals surface area (Å²) in [5.74, 6) is -0.123. The van der Waals surface area contributed by atoms with Crippen molar-refractivity contribution in [1.29, 1.82) is 0 Å². The van der Waals surface area contributed by atoms with Crippen molar-refractivity contribution in [2.45, 2.75) is 12.8 Å². The number of carbonyl (C=O) groups excluding carboxylic acids is 1. The first-order valence-corrected chi connectivity index (χ1v) is 6.63. The van der Waals surface area contributed by atoms with Gasteiger partial charge in [0.15, 0.2) is 0 Å². The van der Waals surface area contributed by atoms with Gasteiger partial charge in [-0.15, -0.1) is 0 Å². The minimum Gasteiger partial charge on any atom is -0.316 e. The van der Waals surface area contributed by atoms with Crippen LogP contribution in [0.2, 0.25) is 0 Å². The number of benzene rings is 2. The molecule has 0 unspecified atom stereocenters. The average Bonchev–Trinajstić information content (AvgIpc) is 2.48. The highest BCUT2D eigenvalue weighted by molar-refractivity contribution is 6.05. The Morgan fingerprint density at radius 3 is 2.53 bits per heavy atom. The van der Waals surface area contributed by atoms with Gasteiger partial charge >= 0.3 is 0 Å². The molecule has 0 atom stereocenters. The molecule has 1 saturated heterocycles. The van der Waals surface area contributed by atoms with Gasteiger partial charge in [0.05, 0.1) is 0 Å². The molecule has 19 heavy (non-hydrogen) atoms. The van der Waals surface area contributed by atoms with E-state index in [9.17, 15) is 4.79 Å². The Bertz CT molecular complexity index is 638. The fourth-order valence-electron chi connectivity index (χ4n) is 2.36. The van der Waals surface area contributed by atoms with Crippen LogP contribution in [0, 0.1) is 0 Å². The van der Waals surface area contributed by atoms with Gasteiger partial charge in [0.25, 0.3) is 5.91 Å². The molecule has 0 saturated carbocycles. The van der Waals surface area contributed by atoms with Crippen LogP contribution in [0.5, 0.6) is 0 Å². The van der Waals surface area contributed by atoms with Crippen LogP contribution < -0.4 is 5.32 Å². The van der Waals surface area contributed by atoms with Crippen LogP contribution in [0.15, 0.2) is 47.5 Å². The molecule has 0 aliphatic carbocycles. The van der Waals surface area contributed by atoms with Gasteiger partial charge < -0.3 is 5.32 Å². The zero-order chi connectivity index (χ0) is 13.1. The van der Waals surface area contributed by atoms with Gasteiger partial charge in [0.2, 0.25) is 0 Å². The predicted octanol–water partition coefficient (Wildman–Crippen LogP) is 2.80. The van der Waals surface area contributed by atoms with Gasteiger partial charge in [-0.25, -0.2) is 4.99 Å². The van der Waals surface area contributed by atoms with E-state index in [1.807, 2.05) is 42.5 Å². The number of nitrogens with zero attached hydrogens (tertiary/aromatic N) is 1. The molecule has 96 valence electrons. The summed E-state index contributed by atoms with van der Waals surface area (Å²) in [6.07, 6.45) is 1.75. The normalized spacial score (nSPS) is 15.5. The number of hydrogen-bond acceptors (Lipinski definition) is 2. The molecule has 0 aromatic heterocycles. The summed E-state index contributed by atoms with van der Waals surface area (Å²) in [4.78, 5) is 16.4. The van der Waals surface area contributed by atoms with E-state index in [4.69, 9.17) is 0 Å². The number of rotatable bonds is 1. The van der Waals surface area contributed by atoms with Crippen LogP contribution in [0.1, 0.15) is 23.2 Å². The Balaban J connectivity index is 1.88. The van der Waals surface area contributed by atoms with E-state index in [-0.39, 0.29) is 5.91 Å². The summed E-state index contributed by atoms with van der Waals surface area (Å²) < 4.78 is 0. The smallest absolute Gasteiger partial charge is 0.276 e. The second kappa shape index (κ2) is 5.33. The fourth-order valence-corrected chi connectivity index (χ4v) is 2.36. The molecule has 1 heterocycles. The summed E-state index contributed by atoms with van der Waals surface area (Å²) in [7, 11) is 0. The lowest BCUT2D eigenvalue weighted by molar-refractivity contribution is 0.100. The minimum atomic E-state index is -0.123. The largest absolute Gasteiger partial charge is 0.316 e. The van der Waals surface area contributed by atoms with Crippen molar-refractivity contribution in [3.63, 3.8) is 0 Å². The lowest BCUT2D eigenvalue weighted by Crippen LogP contribution is -2.28. The Kier molecular flexibility index (Phi) is 3.38. The van der Waals surface area contributed by atoms with Gasteiger partial charge in [-0.1, -0.05) is 30.3 Å². The Hall–Kier alpha value is -2.00. The summed E-state index contributed by atoms with van der Waals surface area (Å²) >= 11 is 0. The molecule has 0 bridgehead atoms. The van der Waals surface area contributed by atoms with Crippen molar-refractivity contribution in [2.24, 2.45) is 4.99 Å². The zero-order valence-electron chi connectivity index (χ0n) is 10.7. The Labute approximate surface area is 112 Å². The van der Waals surface area contributed by atoms with Crippen LogP contribution in [0.3, 0.4) is 0 Å². The summed E-state index contributed by atoms with van der Waals surface area (Å²) in [6.45, 7) is 1.84. The highest BCUT2D eigenvalue weighted by atomic mass is 16.1. The third-order valence-corrected chi connectivity index (χ3v) is 3.44. The number of aliphatic imine (C=N–C) groups is 1. The maximum atomic E-state index is 12.1. The van der Waals surface area contributed by atoms with Crippen molar-refractivity contribution >= 4 is 22.4 Å². The number of hydrogen-bond donors (Lipinski definition) is 1. The number of carbonyl (C=O) groups is 1. The van der Waals surface area contributed by atoms with Gasteiger partial charge in [-0.2, -0.15) is 0 Å². The van der Waals surface area contributed by atoms with E-state index in [0.29, 0.717) is 5.56 Å². The van der Waals surface area contributed by atoms with Gasteiger partial charge in [0, 0.05) is 24.4 Å². The van der Waals surface area contributed by atoms with Crippen molar-refractivity contribution < 1.29 is 4.79 Å². The molecule has 1 aliphatic rings. The van der Waals surface area contributed by atoms with Crippen molar-refractivity contribution in [2.75, 3.05) is 13.1 Å². The van der Waals surface area contributed by atoms with E-state index >= 15 is 0 Å². The summed E-state index contributed by atoms with van der Waals surface area (Å²) in [5.41, 5.74) is 1.68. The second-order valence-electron chi connectivity index (χ2n) is 4.80. The average molecular weight is 252 g/mol. The molecule has 1 fully saturated rings. The number of amides is 1. The van der Waals surface area contributed by atoms with E-state index < -0.39 is 0 Å². The van der Waals surface area contributed by atoms with E-state index in [0.717, 1.165) is 42.4 Å². The molecule has 3 rings (SSSR count). The minimum absolute atomic E-state index is 0.123. The molecule has 0 radical (unpaired) electrons. The first-order valence-electron chi connectivity index (χ1n) is 6.63. The molecule has 3 nitrogen and oxygen atoms in total. The third-order valence-electron chi connectivity index (χ3n) is 3.44. The van der Waals surface area contributed by atoms with E-state index in [2.05, 4.69) is 10.3 Å². The van der Waals surface area contributed by atoms with Crippen molar-refractivity contribution in [3.05, 3.63) is 48.0 Å². The van der Waals surface area contributed by atoms with Gasteiger partial charge in [-0.05, 0) is 35.7 Å². The molecule has 2 aromatic rings. The zero-order valence-corrected chi connectivity index (χ0v) is 10.7. The van der Waals surface area contributed by atoms with Crippen molar-refractivity contribution in [1.82, 2.24) is 5.32 Å². The summed E-state index contributed by atoms with van der Waals surface area (Å²) in [5, 5.41) is 5.49. The monoisotopic (exact) mass is 252 g/mol. The third kappa shape index (κ3) is 2.71. The first kappa shape index (κ1) is 12.1. The molecule has 1 N–H and O–H groups in total. The topological polar surface area (TPSA) is 41.5 Å². The van der Waals surface area contributed by atoms with Crippen LogP contribution in [0.4, 0.5) is 0 Å². The quantitative estimate of drug-likeness (QED) is 0.848. The standard InChI is InChI=1S/C16H16N2O/c19-16(18-15-7-9-17-10-8-15)14-6-5-12-3-1-2-4-13(12)11-14/h1-6,11,17H,7-10H2. The number of fused-ring (bicyclic) bond motifs is 1. The molecule has 1 amide bonds. The lowest BCUT2D eigenvalue weighted by Gasteiger charge is -2.13. The molecule has 0 spiro atoms. The SMILES string of the molecule is O=C(N=C1CCNCC1)c1ccc2ccccc2c1. The summed E-state index contributed by atoms with van der Waals surface area (Å²) in [6, 6.07) is 13.8. The van der Waals surface area contributed by atoms with Crippen LogP contribution in [-0.4, -0.2) is 24.7 Å². The molecule has 3 heteroatoms. The highest BCUT2D eigenvalue weighted by Gasteiger charge is 2.10. The first-order chi connectivity index (χ1) is 9.33. The molecule has 2 aromatic carbocycles. The predicted molar refractivity (Wildman–Crippen MR) is 77.8 cm³/mol. The maximum Gasteiger partial charge on any atom is 0.276 e. The highest BCUT2D eigenvalue weighted by Crippen LogP contribution is 2.16. The number of piperidine rings is 1. The molecule has 1 aliphatic heterocycles. The fraction of sp³-hybridized carbons (Fsp3) is 0.250. The van der Waals surface area contributed by atoms with E-state index in [1.54, 1.807) is 0 Å². The second-order valence-corrected chi connectivity index (χ2v) is 4.80. The Morgan fingerprint density at radius 1 is 1.00 bits per heavy atom. The Morgan fingerprint density at radius 2 is 1.74 bits per heavy atom. The van der Waals surface area contributed by atoms with Crippen LogP contribution >= 0.6 is 0 Å². The van der Waals surface area contributed by atoms with Crippen LogP contribution in [0.25, 0.3) is 10.8 Å². The lowest BCUT2D eigenvalue weighted by atomic mass is 10.1. The maximum absolute atomic E-state index is 12.1. The van der Waals surface area contributed by atoms with Gasteiger partial charge in [0.1, 0.15) is 0 Å². The van der Waals surface area contributed by atoms with E-state index in [1.165, 1.54) is 0 Å². The van der Waals surface area contributed by atoms with Crippen molar-refractivity contribution in [3.8, 4) is 0 Å². The molecular weight excluding hydrogens is 236 g/mol.